The van der Waals surface area contributed by atoms with Crippen molar-refractivity contribution < 1.29 is 0 Å². The highest BCUT2D eigenvalue weighted by Crippen LogP contribution is 2.29. The first-order valence-electron chi connectivity index (χ1n) is 5.80. The van der Waals surface area contributed by atoms with E-state index in [9.17, 15) is 0 Å². The molecule has 18 heavy (non-hydrogen) atoms. The summed E-state index contributed by atoms with van der Waals surface area (Å²) in [6, 6.07) is 6.27. The Morgan fingerprint density at radius 3 is 2.78 bits per heavy atom. The first-order chi connectivity index (χ1) is 8.70. The van der Waals surface area contributed by atoms with E-state index in [0.717, 1.165) is 5.82 Å². The van der Waals surface area contributed by atoms with Crippen LogP contribution < -0.4 is 16.6 Å². The topological polar surface area (TPSA) is 75.9 Å². The molecule has 2 aromatic heterocycles. The first kappa shape index (κ1) is 12.8. The van der Waals surface area contributed by atoms with Crippen molar-refractivity contribution in [3.05, 3.63) is 34.7 Å². The van der Waals surface area contributed by atoms with Gasteiger partial charge in [-0.2, -0.15) is 4.98 Å². The molecule has 0 amide bonds. The van der Waals surface area contributed by atoms with Gasteiger partial charge in [-0.1, -0.05) is 19.9 Å². The van der Waals surface area contributed by atoms with Crippen molar-refractivity contribution in [1.82, 2.24) is 9.97 Å². The summed E-state index contributed by atoms with van der Waals surface area (Å²) in [6.45, 7) is 4.36. The standard InChI is InChI=1S/C12H17N5S/c1-8(2)11(9-4-3-7-18-9)15-10-5-6-14-12(16-10)17-13/h3-8,11H,13H2,1-2H3,(H2,14,15,16,17). The average Bonchev–Trinajstić information content (AvgIpc) is 2.89. The number of anilines is 2. The van der Waals surface area contributed by atoms with E-state index in [1.54, 1.807) is 17.5 Å². The number of hydrogen-bond donors (Lipinski definition) is 3. The average molecular weight is 263 g/mol. The fourth-order valence-corrected chi connectivity index (χ4v) is 2.65. The van der Waals surface area contributed by atoms with Crippen LogP contribution in [0.25, 0.3) is 0 Å². The number of hydrazine groups is 1. The van der Waals surface area contributed by atoms with Crippen LogP contribution in [0.2, 0.25) is 0 Å². The van der Waals surface area contributed by atoms with Crippen molar-refractivity contribution >= 4 is 23.1 Å². The predicted octanol–water partition coefficient (Wildman–Crippen LogP) is 2.63. The molecule has 0 spiro atoms. The van der Waals surface area contributed by atoms with Gasteiger partial charge in [-0.15, -0.1) is 11.3 Å². The Hall–Kier alpha value is -1.66. The molecule has 0 aliphatic carbocycles. The summed E-state index contributed by atoms with van der Waals surface area (Å²) in [6.07, 6.45) is 1.68. The van der Waals surface area contributed by atoms with Crippen LogP contribution in [0.4, 0.5) is 11.8 Å². The second kappa shape index (κ2) is 5.79. The minimum Gasteiger partial charge on any atom is -0.362 e. The van der Waals surface area contributed by atoms with Crippen molar-refractivity contribution in [1.29, 1.82) is 0 Å². The van der Waals surface area contributed by atoms with Gasteiger partial charge in [0.25, 0.3) is 0 Å². The van der Waals surface area contributed by atoms with Crippen molar-refractivity contribution in [3.63, 3.8) is 0 Å². The summed E-state index contributed by atoms with van der Waals surface area (Å²) in [5.41, 5.74) is 2.44. The number of nitrogens with one attached hydrogen (secondary N) is 2. The Balaban J connectivity index is 2.18. The van der Waals surface area contributed by atoms with Gasteiger partial charge in [0.2, 0.25) is 5.95 Å². The van der Waals surface area contributed by atoms with Gasteiger partial charge < -0.3 is 5.32 Å². The molecule has 0 fully saturated rings. The van der Waals surface area contributed by atoms with Crippen LogP contribution in [0.5, 0.6) is 0 Å². The van der Waals surface area contributed by atoms with E-state index in [2.05, 4.69) is 52.1 Å². The molecule has 1 atom stereocenters. The number of rotatable bonds is 5. The molecule has 1 unspecified atom stereocenters. The zero-order valence-electron chi connectivity index (χ0n) is 10.4. The van der Waals surface area contributed by atoms with Gasteiger partial charge in [0, 0.05) is 11.1 Å². The van der Waals surface area contributed by atoms with Crippen LogP contribution in [0.15, 0.2) is 29.8 Å². The zero-order valence-corrected chi connectivity index (χ0v) is 11.2. The van der Waals surface area contributed by atoms with Crippen molar-refractivity contribution in [3.8, 4) is 0 Å². The summed E-state index contributed by atoms with van der Waals surface area (Å²) in [4.78, 5) is 9.55. The van der Waals surface area contributed by atoms with Gasteiger partial charge in [-0.3, -0.25) is 5.43 Å². The van der Waals surface area contributed by atoms with Crippen molar-refractivity contribution in [2.75, 3.05) is 10.7 Å². The normalized spacial score (nSPS) is 12.4. The Morgan fingerprint density at radius 2 is 2.17 bits per heavy atom. The molecule has 0 saturated heterocycles. The molecule has 0 saturated carbocycles. The molecule has 6 heteroatoms. The minimum absolute atomic E-state index is 0.241. The Morgan fingerprint density at radius 1 is 1.33 bits per heavy atom. The van der Waals surface area contributed by atoms with E-state index >= 15 is 0 Å². The molecule has 0 aliphatic heterocycles. The second-order valence-electron chi connectivity index (χ2n) is 4.29. The Labute approximate surface area is 110 Å². The third-order valence-corrected chi connectivity index (χ3v) is 3.56. The predicted molar refractivity (Wildman–Crippen MR) is 75.4 cm³/mol. The smallest absolute Gasteiger partial charge is 0.239 e. The Kier molecular flexibility index (Phi) is 4.11. The Bertz CT molecular complexity index is 483. The third kappa shape index (κ3) is 2.96. The summed E-state index contributed by atoms with van der Waals surface area (Å²) in [7, 11) is 0. The van der Waals surface area contributed by atoms with Crippen LogP contribution in [-0.2, 0) is 0 Å². The van der Waals surface area contributed by atoms with Crippen LogP contribution in [0.3, 0.4) is 0 Å². The van der Waals surface area contributed by atoms with Crippen molar-refractivity contribution in [2.45, 2.75) is 19.9 Å². The van der Waals surface area contributed by atoms with E-state index in [4.69, 9.17) is 5.84 Å². The number of thiophene rings is 1. The monoisotopic (exact) mass is 263 g/mol. The van der Waals surface area contributed by atoms with Gasteiger partial charge in [-0.05, 0) is 23.4 Å². The lowest BCUT2D eigenvalue weighted by molar-refractivity contribution is 0.552. The SMILES string of the molecule is CC(C)C(Nc1ccnc(NN)n1)c1cccs1. The second-order valence-corrected chi connectivity index (χ2v) is 5.27. The maximum absolute atomic E-state index is 5.30. The minimum atomic E-state index is 0.241. The zero-order chi connectivity index (χ0) is 13.0. The molecule has 2 aromatic rings. The highest BCUT2D eigenvalue weighted by Gasteiger charge is 2.17. The maximum atomic E-state index is 5.30. The summed E-state index contributed by atoms with van der Waals surface area (Å²) in [5.74, 6) is 6.95. The molecule has 0 radical (unpaired) electrons. The van der Waals surface area contributed by atoms with E-state index in [0.29, 0.717) is 11.9 Å². The number of hydrogen-bond acceptors (Lipinski definition) is 6. The van der Waals surface area contributed by atoms with E-state index in [1.165, 1.54) is 4.88 Å². The lowest BCUT2D eigenvalue weighted by Crippen LogP contribution is -2.17. The molecule has 2 heterocycles. The molecule has 2 rings (SSSR count). The summed E-state index contributed by atoms with van der Waals surface area (Å²) in [5, 5.41) is 5.50. The van der Waals surface area contributed by atoms with Gasteiger partial charge in [0.1, 0.15) is 5.82 Å². The van der Waals surface area contributed by atoms with Crippen molar-refractivity contribution in [2.24, 2.45) is 11.8 Å². The third-order valence-electron chi connectivity index (χ3n) is 2.60. The van der Waals surface area contributed by atoms with Crippen LogP contribution >= 0.6 is 11.3 Å². The fourth-order valence-electron chi connectivity index (χ4n) is 1.70. The first-order valence-corrected chi connectivity index (χ1v) is 6.68. The lowest BCUT2D eigenvalue weighted by atomic mass is 10.0. The van der Waals surface area contributed by atoms with Crippen LogP contribution in [-0.4, -0.2) is 9.97 Å². The molecule has 0 bridgehead atoms. The van der Waals surface area contributed by atoms with E-state index in [1.807, 2.05) is 6.07 Å². The van der Waals surface area contributed by atoms with Gasteiger partial charge >= 0.3 is 0 Å². The molecular weight excluding hydrogens is 246 g/mol. The quantitative estimate of drug-likeness (QED) is 0.571. The highest BCUT2D eigenvalue weighted by molar-refractivity contribution is 7.10. The molecule has 0 aromatic carbocycles. The molecule has 4 N–H and O–H groups in total. The lowest BCUT2D eigenvalue weighted by Gasteiger charge is -2.21. The van der Waals surface area contributed by atoms with Crippen LogP contribution in [0, 0.1) is 5.92 Å². The number of aromatic nitrogens is 2. The summed E-state index contributed by atoms with van der Waals surface area (Å²) >= 11 is 1.74. The van der Waals surface area contributed by atoms with Crippen LogP contribution in [0.1, 0.15) is 24.8 Å². The van der Waals surface area contributed by atoms with E-state index in [-0.39, 0.29) is 6.04 Å². The highest BCUT2D eigenvalue weighted by atomic mass is 32.1. The molecule has 96 valence electrons. The largest absolute Gasteiger partial charge is 0.362 e. The van der Waals surface area contributed by atoms with Gasteiger partial charge in [0.15, 0.2) is 0 Å². The summed E-state index contributed by atoms with van der Waals surface area (Å²) < 4.78 is 0. The van der Waals surface area contributed by atoms with Gasteiger partial charge in [0.05, 0.1) is 6.04 Å². The van der Waals surface area contributed by atoms with E-state index < -0.39 is 0 Å². The number of nitrogens with zero attached hydrogens (tertiary/aromatic N) is 2. The van der Waals surface area contributed by atoms with Gasteiger partial charge in [-0.25, -0.2) is 10.8 Å². The molecular formula is C12H17N5S. The fraction of sp³-hybridized carbons (Fsp3) is 0.333. The molecule has 5 nitrogen and oxygen atoms in total. The number of nitrogen functional groups attached to an aromatic ring is 1. The number of nitrogens with two attached hydrogens (primary N) is 1. The molecule has 0 aliphatic rings. The maximum Gasteiger partial charge on any atom is 0.239 e.